The van der Waals surface area contributed by atoms with Gasteiger partial charge in [0.25, 0.3) is 0 Å². The lowest BCUT2D eigenvalue weighted by molar-refractivity contribution is 0.318. The number of benzene rings is 1. The molecule has 0 saturated carbocycles. The molecule has 3 N–H and O–H groups in total. The lowest BCUT2D eigenvalue weighted by atomic mass is 10.1. The van der Waals surface area contributed by atoms with Gasteiger partial charge in [0.15, 0.2) is 5.84 Å². The number of aryl methyl sites for hydroxylation is 2. The number of hydrogen-bond acceptors (Lipinski definition) is 5. The second-order valence-electron chi connectivity index (χ2n) is 4.72. The maximum atomic E-state index is 8.89. The van der Waals surface area contributed by atoms with Crippen molar-refractivity contribution in [1.82, 2.24) is 4.98 Å². The summed E-state index contributed by atoms with van der Waals surface area (Å²) in [5, 5.41) is 15.1. The van der Waals surface area contributed by atoms with E-state index in [1.807, 2.05) is 44.5 Å². The largest absolute Gasteiger partial charge is 0.409 e. The summed E-state index contributed by atoms with van der Waals surface area (Å²) in [6.07, 6.45) is 0. The smallest absolute Gasteiger partial charge is 0.172 e. The first-order valence-corrected chi connectivity index (χ1v) is 7.10. The molecule has 0 atom stereocenters. The van der Waals surface area contributed by atoms with E-state index >= 15 is 0 Å². The molecule has 0 aliphatic carbocycles. The Morgan fingerprint density at radius 1 is 1.45 bits per heavy atom. The van der Waals surface area contributed by atoms with E-state index in [0.717, 1.165) is 22.0 Å². The molecule has 0 aliphatic heterocycles. The minimum absolute atomic E-state index is 0.112. The summed E-state index contributed by atoms with van der Waals surface area (Å²) < 4.78 is 0. The van der Waals surface area contributed by atoms with Crippen LogP contribution in [0.15, 0.2) is 28.7 Å². The molecule has 0 spiro atoms. The van der Waals surface area contributed by atoms with E-state index in [2.05, 4.69) is 15.0 Å². The topological polar surface area (TPSA) is 74.7 Å². The molecule has 0 radical (unpaired) electrons. The average molecular weight is 290 g/mol. The normalized spacial score (nSPS) is 11.7. The van der Waals surface area contributed by atoms with Crippen molar-refractivity contribution in [3.63, 3.8) is 0 Å². The van der Waals surface area contributed by atoms with Crippen LogP contribution in [0.3, 0.4) is 0 Å². The Labute approximate surface area is 122 Å². The Balaban J connectivity index is 2.32. The van der Waals surface area contributed by atoms with Gasteiger partial charge in [0.05, 0.1) is 17.2 Å². The lowest BCUT2D eigenvalue weighted by Gasteiger charge is -2.21. The van der Waals surface area contributed by atoms with Gasteiger partial charge in [0, 0.05) is 23.7 Å². The van der Waals surface area contributed by atoms with Crippen molar-refractivity contribution in [3.05, 3.63) is 45.4 Å². The molecule has 6 heteroatoms. The molecule has 0 saturated heterocycles. The van der Waals surface area contributed by atoms with Crippen molar-refractivity contribution >= 4 is 22.9 Å². The van der Waals surface area contributed by atoms with E-state index in [0.29, 0.717) is 12.1 Å². The van der Waals surface area contributed by atoms with Gasteiger partial charge in [-0.1, -0.05) is 11.2 Å². The number of rotatable bonds is 4. The van der Waals surface area contributed by atoms with Crippen molar-refractivity contribution in [2.24, 2.45) is 10.9 Å². The molecule has 0 aliphatic rings. The van der Waals surface area contributed by atoms with Crippen molar-refractivity contribution in [2.45, 2.75) is 20.4 Å². The highest BCUT2D eigenvalue weighted by molar-refractivity contribution is 7.09. The number of amidine groups is 1. The number of nitrogens with two attached hydrogens (primary N) is 1. The van der Waals surface area contributed by atoms with Crippen LogP contribution in [0.1, 0.15) is 21.8 Å². The van der Waals surface area contributed by atoms with Crippen LogP contribution in [0.2, 0.25) is 0 Å². The molecule has 2 rings (SSSR count). The number of anilines is 1. The fourth-order valence-electron chi connectivity index (χ4n) is 2.04. The summed E-state index contributed by atoms with van der Waals surface area (Å²) >= 11 is 1.63. The maximum absolute atomic E-state index is 8.89. The summed E-state index contributed by atoms with van der Waals surface area (Å²) in [5.74, 6) is 0.112. The van der Waals surface area contributed by atoms with Gasteiger partial charge in [-0.15, -0.1) is 11.3 Å². The highest BCUT2D eigenvalue weighted by Crippen LogP contribution is 2.23. The average Bonchev–Trinajstić information content (AvgIpc) is 2.83. The Morgan fingerprint density at radius 3 is 2.80 bits per heavy atom. The third-order valence-electron chi connectivity index (χ3n) is 3.01. The van der Waals surface area contributed by atoms with Gasteiger partial charge in [-0.3, -0.25) is 0 Å². The van der Waals surface area contributed by atoms with Gasteiger partial charge >= 0.3 is 0 Å². The second-order valence-corrected chi connectivity index (χ2v) is 5.78. The third kappa shape index (κ3) is 3.08. The Kier molecular flexibility index (Phi) is 4.24. The van der Waals surface area contributed by atoms with Crippen molar-refractivity contribution < 1.29 is 5.21 Å². The monoisotopic (exact) mass is 290 g/mol. The predicted octanol–water partition coefficient (Wildman–Crippen LogP) is 2.49. The minimum Gasteiger partial charge on any atom is -0.409 e. The number of aromatic nitrogens is 1. The zero-order chi connectivity index (χ0) is 14.7. The zero-order valence-corrected chi connectivity index (χ0v) is 12.6. The molecule has 2 aromatic rings. The van der Waals surface area contributed by atoms with E-state index in [1.165, 1.54) is 0 Å². The molecule has 1 heterocycles. The van der Waals surface area contributed by atoms with E-state index < -0.39 is 0 Å². The predicted molar refractivity (Wildman–Crippen MR) is 82.6 cm³/mol. The summed E-state index contributed by atoms with van der Waals surface area (Å²) in [5.41, 5.74) is 9.51. The minimum atomic E-state index is 0.112. The van der Waals surface area contributed by atoms with E-state index in [4.69, 9.17) is 10.9 Å². The van der Waals surface area contributed by atoms with Gasteiger partial charge < -0.3 is 15.8 Å². The van der Waals surface area contributed by atoms with Crippen LogP contribution >= 0.6 is 11.3 Å². The molecule has 0 fully saturated rings. The van der Waals surface area contributed by atoms with Crippen molar-refractivity contribution in [2.75, 3.05) is 11.9 Å². The van der Waals surface area contributed by atoms with Gasteiger partial charge in [0.2, 0.25) is 0 Å². The standard InChI is InChI=1S/C14H18N4OS/c1-9-4-5-12(14(15)17-19)13(6-9)18(3)7-11-8-20-10(2)16-11/h4-6,8,19H,7H2,1-3H3,(H2,15,17). The zero-order valence-electron chi connectivity index (χ0n) is 11.8. The van der Waals surface area contributed by atoms with Crippen molar-refractivity contribution in [3.8, 4) is 0 Å². The lowest BCUT2D eigenvalue weighted by Crippen LogP contribution is -2.23. The Hall–Kier alpha value is -2.08. The van der Waals surface area contributed by atoms with Crippen LogP contribution in [-0.4, -0.2) is 23.1 Å². The van der Waals surface area contributed by atoms with Crippen LogP contribution in [0.4, 0.5) is 5.69 Å². The third-order valence-corrected chi connectivity index (χ3v) is 3.84. The quantitative estimate of drug-likeness (QED) is 0.392. The summed E-state index contributed by atoms with van der Waals surface area (Å²) in [6.45, 7) is 4.68. The Morgan fingerprint density at radius 2 is 2.20 bits per heavy atom. The van der Waals surface area contributed by atoms with Crippen LogP contribution < -0.4 is 10.6 Å². The Bertz CT molecular complexity index is 636. The van der Waals surface area contributed by atoms with Crippen LogP contribution in [0.25, 0.3) is 0 Å². The number of hydrogen-bond donors (Lipinski definition) is 2. The van der Waals surface area contributed by atoms with E-state index in [1.54, 1.807) is 11.3 Å². The fourth-order valence-corrected chi connectivity index (χ4v) is 2.64. The molecule has 1 aromatic heterocycles. The first kappa shape index (κ1) is 14.3. The highest BCUT2D eigenvalue weighted by atomic mass is 32.1. The highest BCUT2D eigenvalue weighted by Gasteiger charge is 2.12. The molecular formula is C14H18N4OS. The van der Waals surface area contributed by atoms with Gasteiger partial charge in [-0.05, 0) is 31.5 Å². The molecule has 0 amide bonds. The van der Waals surface area contributed by atoms with Gasteiger partial charge in [-0.2, -0.15) is 0 Å². The SMILES string of the molecule is Cc1ccc(C(N)=NO)c(N(C)Cc2csc(C)n2)c1. The molecule has 0 bridgehead atoms. The molecule has 5 nitrogen and oxygen atoms in total. The summed E-state index contributed by atoms with van der Waals surface area (Å²) in [7, 11) is 1.97. The van der Waals surface area contributed by atoms with Crippen LogP contribution in [0.5, 0.6) is 0 Å². The molecular weight excluding hydrogens is 272 g/mol. The second kappa shape index (κ2) is 5.92. The summed E-state index contributed by atoms with van der Waals surface area (Å²) in [4.78, 5) is 6.51. The number of nitrogens with zero attached hydrogens (tertiary/aromatic N) is 3. The first-order chi connectivity index (χ1) is 9.51. The molecule has 0 unspecified atom stereocenters. The first-order valence-electron chi connectivity index (χ1n) is 6.22. The van der Waals surface area contributed by atoms with E-state index in [9.17, 15) is 0 Å². The molecule has 106 valence electrons. The van der Waals surface area contributed by atoms with Crippen LogP contribution in [0, 0.1) is 13.8 Å². The van der Waals surface area contributed by atoms with Gasteiger partial charge in [-0.25, -0.2) is 4.98 Å². The fraction of sp³-hybridized carbons (Fsp3) is 0.286. The number of oxime groups is 1. The molecule has 1 aromatic carbocycles. The van der Waals surface area contributed by atoms with Crippen molar-refractivity contribution in [1.29, 1.82) is 0 Å². The maximum Gasteiger partial charge on any atom is 0.172 e. The van der Waals surface area contributed by atoms with E-state index in [-0.39, 0.29) is 5.84 Å². The van der Waals surface area contributed by atoms with Crippen LogP contribution in [-0.2, 0) is 6.54 Å². The summed E-state index contributed by atoms with van der Waals surface area (Å²) in [6, 6.07) is 5.83. The van der Waals surface area contributed by atoms with Gasteiger partial charge in [0.1, 0.15) is 0 Å². The molecule has 20 heavy (non-hydrogen) atoms. The number of thiazole rings is 1.